The minimum Gasteiger partial charge on any atom is -0.390 e. The van der Waals surface area contributed by atoms with E-state index in [9.17, 15) is 39.9 Å². The van der Waals surface area contributed by atoms with Gasteiger partial charge >= 0.3 is 12.4 Å². The highest BCUT2D eigenvalue weighted by Crippen LogP contribution is 2.49. The molecule has 0 bridgehead atoms. The molecule has 2 aromatic rings. The number of aryl methyl sites for hydroxylation is 1. The molecule has 2 aromatic heterocycles. The van der Waals surface area contributed by atoms with Gasteiger partial charge in [-0.1, -0.05) is 0 Å². The maximum Gasteiger partial charge on any atom is 0.434 e. The van der Waals surface area contributed by atoms with Gasteiger partial charge in [0.2, 0.25) is 5.78 Å². The monoisotopic (exact) mass is 471 g/mol. The van der Waals surface area contributed by atoms with Crippen LogP contribution in [0.4, 0.5) is 35.1 Å². The molecule has 2 heterocycles. The minimum absolute atomic E-state index is 0.214. The van der Waals surface area contributed by atoms with Crippen molar-refractivity contribution in [2.75, 3.05) is 6.54 Å². The van der Waals surface area contributed by atoms with Crippen molar-refractivity contribution in [2.24, 2.45) is 5.92 Å². The molecule has 3 rings (SSSR count). The molecule has 2 N–H and O–H groups in total. The molecule has 1 fully saturated rings. The van der Waals surface area contributed by atoms with Crippen LogP contribution in [0.5, 0.6) is 0 Å². The van der Waals surface area contributed by atoms with Crippen molar-refractivity contribution in [3.63, 3.8) is 0 Å². The van der Waals surface area contributed by atoms with Crippen molar-refractivity contribution in [1.82, 2.24) is 19.3 Å². The minimum atomic E-state index is -5.16. The maximum absolute atomic E-state index is 13.7. The first-order chi connectivity index (χ1) is 14.7. The summed E-state index contributed by atoms with van der Waals surface area (Å²) >= 11 is 0. The lowest BCUT2D eigenvalue weighted by atomic mass is 10.1. The Labute approximate surface area is 175 Å². The van der Waals surface area contributed by atoms with Crippen molar-refractivity contribution < 1.29 is 35.1 Å². The first kappa shape index (κ1) is 23.7. The summed E-state index contributed by atoms with van der Waals surface area (Å²) in [5.74, 6) is -4.54. The van der Waals surface area contributed by atoms with Gasteiger partial charge in [-0.3, -0.25) is 9.20 Å². The summed E-state index contributed by atoms with van der Waals surface area (Å²) in [5, 5.41) is 9.51. The van der Waals surface area contributed by atoms with E-state index in [1.165, 1.54) is 6.92 Å². The highest BCUT2D eigenvalue weighted by Gasteiger charge is 2.57. The molecule has 0 radical (unpaired) electrons. The molecule has 6 nitrogen and oxygen atoms in total. The van der Waals surface area contributed by atoms with E-state index in [0.29, 0.717) is 12.4 Å². The maximum atomic E-state index is 13.7. The quantitative estimate of drug-likeness (QED) is 0.364. The van der Waals surface area contributed by atoms with Crippen LogP contribution in [0.15, 0.2) is 17.2 Å². The number of nitrogens with zero attached hydrogens (tertiary/aromatic N) is 3. The molecule has 14 heteroatoms. The molecule has 1 aliphatic rings. The highest BCUT2D eigenvalue weighted by molar-refractivity contribution is 6.08. The van der Waals surface area contributed by atoms with E-state index in [-0.39, 0.29) is 12.2 Å². The molecule has 1 aliphatic carbocycles. The lowest BCUT2D eigenvalue weighted by molar-refractivity contribution is -0.141. The van der Waals surface area contributed by atoms with Gasteiger partial charge in [-0.25, -0.2) is 13.8 Å². The van der Waals surface area contributed by atoms with Crippen molar-refractivity contribution in [1.29, 1.82) is 5.41 Å². The topological polar surface area (TPSA) is 75.2 Å². The standard InChI is InChI=1S/C18H17F8N5O/c1-9-7-31-14(32)12(10(5-27)6-28-3-2-17(21,22)23)13(18(24,25)26)29-15(31)30(9)8-11-4-16(11,19)20/h5-7,11,27-28H,2-4,8H2,1H3/b10-6+,27-5?. The van der Waals surface area contributed by atoms with Crippen LogP contribution in [0, 0.1) is 18.3 Å². The summed E-state index contributed by atoms with van der Waals surface area (Å²) in [6.45, 7) is 0.378. The normalized spacial score (nSPS) is 18.8. The number of fused-ring (bicyclic) bond motifs is 1. The number of hydrogen-bond donors (Lipinski definition) is 2. The van der Waals surface area contributed by atoms with Crippen LogP contribution in [-0.4, -0.2) is 38.8 Å². The average Bonchev–Trinajstić information content (AvgIpc) is 3.12. The molecule has 0 aliphatic heterocycles. The molecule has 1 saturated carbocycles. The Morgan fingerprint density at radius 3 is 2.44 bits per heavy atom. The zero-order chi connectivity index (χ0) is 24.1. The first-order valence-corrected chi connectivity index (χ1v) is 9.24. The smallest absolute Gasteiger partial charge is 0.390 e. The van der Waals surface area contributed by atoms with E-state index < -0.39 is 71.7 Å². The lowest BCUT2D eigenvalue weighted by Gasteiger charge is -2.14. The van der Waals surface area contributed by atoms with Crippen LogP contribution in [0.2, 0.25) is 0 Å². The number of hydrogen-bond acceptors (Lipinski definition) is 4. The largest absolute Gasteiger partial charge is 0.434 e. The molecular formula is C18H17F8N5O. The van der Waals surface area contributed by atoms with E-state index in [1.54, 1.807) is 0 Å². The van der Waals surface area contributed by atoms with E-state index in [1.807, 2.05) is 0 Å². The van der Waals surface area contributed by atoms with Crippen LogP contribution in [0.1, 0.15) is 29.8 Å². The summed E-state index contributed by atoms with van der Waals surface area (Å²) in [5.41, 5.74) is -4.37. The number of rotatable bonds is 7. The van der Waals surface area contributed by atoms with E-state index in [4.69, 9.17) is 5.41 Å². The number of allylic oxidation sites excluding steroid dienone is 1. The summed E-state index contributed by atoms with van der Waals surface area (Å²) in [7, 11) is 0. The summed E-state index contributed by atoms with van der Waals surface area (Å²) in [6, 6.07) is 0. The number of imidazole rings is 1. The van der Waals surface area contributed by atoms with Gasteiger partial charge in [0.1, 0.15) is 0 Å². The molecule has 0 spiro atoms. The number of alkyl halides is 8. The second kappa shape index (κ2) is 7.89. The number of halogens is 8. The van der Waals surface area contributed by atoms with Gasteiger partial charge < -0.3 is 15.3 Å². The highest BCUT2D eigenvalue weighted by atomic mass is 19.4. The van der Waals surface area contributed by atoms with Crippen LogP contribution in [0.25, 0.3) is 11.4 Å². The number of nitrogens with one attached hydrogen (secondary N) is 2. The fourth-order valence-corrected chi connectivity index (χ4v) is 3.20. The zero-order valence-electron chi connectivity index (χ0n) is 16.4. The molecule has 0 amide bonds. The Balaban J connectivity index is 2.10. The molecule has 0 aromatic carbocycles. The van der Waals surface area contributed by atoms with Crippen LogP contribution < -0.4 is 10.9 Å². The summed E-state index contributed by atoms with van der Waals surface area (Å²) < 4.78 is 106. The van der Waals surface area contributed by atoms with Gasteiger partial charge in [-0.15, -0.1) is 0 Å². The Morgan fingerprint density at radius 2 is 1.94 bits per heavy atom. The van der Waals surface area contributed by atoms with E-state index >= 15 is 0 Å². The molecular weight excluding hydrogens is 454 g/mol. The third kappa shape index (κ3) is 4.78. The third-order valence-electron chi connectivity index (χ3n) is 4.96. The van der Waals surface area contributed by atoms with Crippen molar-refractivity contribution in [3.8, 4) is 0 Å². The van der Waals surface area contributed by atoms with Crippen LogP contribution >= 0.6 is 0 Å². The van der Waals surface area contributed by atoms with Crippen molar-refractivity contribution in [3.05, 3.63) is 39.7 Å². The van der Waals surface area contributed by atoms with Gasteiger partial charge in [0.05, 0.1) is 12.0 Å². The summed E-state index contributed by atoms with van der Waals surface area (Å²) in [4.78, 5) is 16.4. The average molecular weight is 471 g/mol. The predicted molar refractivity (Wildman–Crippen MR) is 97.7 cm³/mol. The van der Waals surface area contributed by atoms with E-state index in [2.05, 4.69) is 10.3 Å². The van der Waals surface area contributed by atoms with Gasteiger partial charge in [0.25, 0.3) is 11.5 Å². The Hall–Kier alpha value is -2.93. The first-order valence-electron chi connectivity index (χ1n) is 9.24. The fraction of sp³-hybridized carbons (Fsp3) is 0.500. The Morgan fingerprint density at radius 1 is 1.31 bits per heavy atom. The summed E-state index contributed by atoms with van der Waals surface area (Å²) in [6.07, 6.45) is -9.18. The zero-order valence-corrected chi connectivity index (χ0v) is 16.4. The van der Waals surface area contributed by atoms with E-state index in [0.717, 1.165) is 15.2 Å². The van der Waals surface area contributed by atoms with Crippen LogP contribution in [-0.2, 0) is 12.7 Å². The molecule has 0 saturated heterocycles. The molecule has 1 atom stereocenters. The second-order valence-electron chi connectivity index (χ2n) is 7.41. The third-order valence-corrected chi connectivity index (χ3v) is 4.96. The van der Waals surface area contributed by atoms with Gasteiger partial charge in [-0.2, -0.15) is 26.3 Å². The SMILES string of the molecule is Cc1cn2c(=O)c(/C(C=N)=C/NCCC(F)(F)F)c(C(F)(F)F)nc2n1CC1CC1(F)F. The molecule has 32 heavy (non-hydrogen) atoms. The molecule has 176 valence electrons. The van der Waals surface area contributed by atoms with Gasteiger partial charge in [0.15, 0.2) is 5.69 Å². The number of aromatic nitrogens is 3. The van der Waals surface area contributed by atoms with Crippen molar-refractivity contribution >= 4 is 17.6 Å². The Kier molecular flexibility index (Phi) is 5.85. The van der Waals surface area contributed by atoms with Gasteiger partial charge in [-0.05, 0) is 6.92 Å². The predicted octanol–water partition coefficient (Wildman–Crippen LogP) is 4.01. The molecule has 1 unspecified atom stereocenters. The van der Waals surface area contributed by atoms with Crippen LogP contribution in [0.3, 0.4) is 0 Å². The lowest BCUT2D eigenvalue weighted by Crippen LogP contribution is -2.27. The Bertz CT molecular complexity index is 1130. The van der Waals surface area contributed by atoms with Crippen molar-refractivity contribution in [2.45, 2.75) is 44.6 Å². The van der Waals surface area contributed by atoms with Gasteiger partial charge in [0, 0.05) is 55.3 Å². The second-order valence-corrected chi connectivity index (χ2v) is 7.41. The fourth-order valence-electron chi connectivity index (χ4n) is 3.20.